The van der Waals surface area contributed by atoms with Crippen LogP contribution in [0, 0.1) is 17.0 Å². The predicted molar refractivity (Wildman–Crippen MR) is 289 cm³/mol. The minimum atomic E-state index is -1.86. The van der Waals surface area contributed by atoms with E-state index in [-0.39, 0.29) is 49.8 Å². The van der Waals surface area contributed by atoms with E-state index in [1.807, 2.05) is 12.1 Å². The van der Waals surface area contributed by atoms with Gasteiger partial charge in [0, 0.05) is 81.2 Å². The van der Waals surface area contributed by atoms with Crippen LogP contribution in [0.1, 0.15) is 116 Å². The highest BCUT2D eigenvalue weighted by Gasteiger charge is 2.39. The summed E-state index contributed by atoms with van der Waals surface area (Å²) in [5.74, 6) is -14.6. The first kappa shape index (κ1) is 67.4. The van der Waals surface area contributed by atoms with Gasteiger partial charge in [0.05, 0.1) is 12.5 Å². The molecule has 3 aromatic rings. The number of nitrogens with one attached hydrogen (secondary N) is 6. The number of hydrogen-bond donors (Lipinski definition) is 10. The Balaban J connectivity index is 1.59. The number of carbonyl (C=O) groups is 13. The van der Waals surface area contributed by atoms with Crippen LogP contribution in [0.5, 0.6) is 0 Å². The van der Waals surface area contributed by atoms with E-state index >= 15 is 4.39 Å². The van der Waals surface area contributed by atoms with Gasteiger partial charge in [-0.05, 0) is 68.4 Å². The van der Waals surface area contributed by atoms with Gasteiger partial charge in [-0.25, -0.2) is 18.4 Å². The van der Waals surface area contributed by atoms with Crippen molar-refractivity contribution in [1.82, 2.24) is 46.4 Å². The Morgan fingerprint density at radius 2 is 1.35 bits per heavy atom. The standard InChI is InChI=1S/C55H70F2N10O17/c1-30(60-42(70)12-9-13-48(77)84-67-44(72)17-18-45(67)73)50(78)61-31(2)51(79)64-39(26-41(58)69)53(81)63-37(52(80)59-22-20-43(71)62-38(54(82)83)16-19-47(75)76)21-23-66(46(74)29-68)49(55(3,4)5)40-24-33(35-25-34(56)14-15-36(35)57)28-65(40)27-32-10-7-6-8-11-32/h6-8,10-11,14-15,24-25,28,30-31,37-39,49,68H,9,12-13,16-23,26-27,29H2,1-5H3,(H2,58,69)(H,59,80)(H,60,70)(H,61,78)(H,62,71)(H,63,81)(H,64,79)(H,75,76)(H,82,83)/t30-,31+,37-,38+,39-,49-/m0/s1. The molecule has 2 heterocycles. The van der Waals surface area contributed by atoms with Gasteiger partial charge in [0.2, 0.25) is 47.3 Å². The van der Waals surface area contributed by atoms with E-state index in [1.54, 1.807) is 55.8 Å². The number of carboxylic acid groups (broad SMARTS) is 2. The molecule has 1 saturated heterocycles. The number of hydroxylamine groups is 2. The van der Waals surface area contributed by atoms with E-state index in [1.165, 1.54) is 18.7 Å². The smallest absolute Gasteiger partial charge is 0.333 e. The number of rotatable bonds is 32. The third-order valence-corrected chi connectivity index (χ3v) is 13.0. The molecular weight excluding hydrogens is 1110 g/mol. The number of aliphatic hydroxyl groups excluding tert-OH is 1. The fourth-order valence-electron chi connectivity index (χ4n) is 8.81. The molecule has 4 rings (SSSR count). The van der Waals surface area contributed by atoms with Crippen molar-refractivity contribution in [2.24, 2.45) is 11.1 Å². The van der Waals surface area contributed by atoms with Crippen LogP contribution in [0.15, 0.2) is 60.8 Å². The number of primary amides is 1. The molecule has 29 heteroatoms. The lowest BCUT2D eigenvalue weighted by Crippen LogP contribution is -2.58. The molecule has 1 aliphatic rings. The third kappa shape index (κ3) is 20.7. The van der Waals surface area contributed by atoms with E-state index < -0.39 is 182 Å². The summed E-state index contributed by atoms with van der Waals surface area (Å²) in [7, 11) is 0. The molecule has 0 bridgehead atoms. The first-order chi connectivity index (χ1) is 39.5. The van der Waals surface area contributed by atoms with Crippen molar-refractivity contribution >= 4 is 77.0 Å². The number of halogens is 2. The second-order valence-corrected chi connectivity index (χ2v) is 20.8. The Labute approximate surface area is 480 Å². The second kappa shape index (κ2) is 31.3. The number of aliphatic hydroxyl groups is 1. The molecule has 0 radical (unpaired) electrons. The molecule has 84 heavy (non-hydrogen) atoms. The summed E-state index contributed by atoms with van der Waals surface area (Å²) in [4.78, 5) is 171. The molecule has 10 amide bonds. The van der Waals surface area contributed by atoms with Gasteiger partial charge in [0.25, 0.3) is 11.8 Å². The number of aliphatic carboxylic acids is 2. The Morgan fingerprint density at radius 3 is 1.95 bits per heavy atom. The van der Waals surface area contributed by atoms with Crippen molar-refractivity contribution in [1.29, 1.82) is 0 Å². The van der Waals surface area contributed by atoms with Crippen LogP contribution >= 0.6 is 0 Å². The highest BCUT2D eigenvalue weighted by molar-refractivity contribution is 6.02. The van der Waals surface area contributed by atoms with Crippen molar-refractivity contribution in [2.45, 2.75) is 142 Å². The first-order valence-electron chi connectivity index (χ1n) is 26.7. The van der Waals surface area contributed by atoms with Gasteiger partial charge in [0.15, 0.2) is 0 Å². The molecule has 0 saturated carbocycles. The Hall–Kier alpha value is -9.15. The van der Waals surface area contributed by atoms with Gasteiger partial charge in [-0.1, -0.05) is 51.1 Å². The average molecular weight is 1180 g/mol. The molecule has 11 N–H and O–H groups in total. The molecule has 456 valence electrons. The Bertz CT molecular complexity index is 2930. The van der Waals surface area contributed by atoms with Crippen molar-refractivity contribution in [3.63, 3.8) is 0 Å². The van der Waals surface area contributed by atoms with Gasteiger partial charge in [0.1, 0.15) is 48.5 Å². The molecule has 1 fully saturated rings. The predicted octanol–water partition coefficient (Wildman–Crippen LogP) is 0.352. The van der Waals surface area contributed by atoms with Gasteiger partial charge >= 0.3 is 17.9 Å². The zero-order valence-corrected chi connectivity index (χ0v) is 46.9. The number of amides is 10. The normalized spacial score (nSPS) is 14.4. The number of carboxylic acids is 2. The fourth-order valence-corrected chi connectivity index (χ4v) is 8.81. The summed E-state index contributed by atoms with van der Waals surface area (Å²) in [6, 6.07) is 4.41. The molecule has 2 aromatic carbocycles. The molecule has 1 aromatic heterocycles. The second-order valence-electron chi connectivity index (χ2n) is 20.8. The number of carbonyl (C=O) groups excluding carboxylic acids is 11. The summed E-state index contributed by atoms with van der Waals surface area (Å²) in [5.41, 5.74) is 5.75. The van der Waals surface area contributed by atoms with Gasteiger partial charge in [-0.2, -0.15) is 0 Å². The molecule has 0 spiro atoms. The first-order valence-corrected chi connectivity index (χ1v) is 26.7. The van der Waals surface area contributed by atoms with Crippen LogP contribution in [-0.2, 0) is 73.7 Å². The number of benzene rings is 2. The van der Waals surface area contributed by atoms with E-state index in [4.69, 9.17) is 15.7 Å². The zero-order valence-electron chi connectivity index (χ0n) is 46.9. The molecule has 0 aliphatic carbocycles. The monoisotopic (exact) mass is 1180 g/mol. The topological polar surface area (TPSA) is 401 Å². The van der Waals surface area contributed by atoms with Crippen LogP contribution < -0.4 is 37.6 Å². The number of nitrogens with two attached hydrogens (primary N) is 1. The van der Waals surface area contributed by atoms with Gasteiger partial charge < -0.3 is 67.3 Å². The summed E-state index contributed by atoms with van der Waals surface area (Å²) in [6.07, 6.45) is -2.49. The maximum Gasteiger partial charge on any atom is 0.333 e. The summed E-state index contributed by atoms with van der Waals surface area (Å²) >= 11 is 0. The Kier molecular flexibility index (Phi) is 25.1. The van der Waals surface area contributed by atoms with Crippen molar-refractivity contribution in [2.75, 3.05) is 19.7 Å². The minimum Gasteiger partial charge on any atom is -0.481 e. The van der Waals surface area contributed by atoms with Crippen LogP contribution in [0.3, 0.4) is 0 Å². The van der Waals surface area contributed by atoms with Crippen LogP contribution in [-0.4, -0.2) is 157 Å². The van der Waals surface area contributed by atoms with E-state index in [0.29, 0.717) is 10.8 Å². The van der Waals surface area contributed by atoms with Crippen LogP contribution in [0.2, 0.25) is 0 Å². The SMILES string of the molecule is C[C@H](NC(=O)CCCC(=O)ON1C(=O)CCC1=O)C(=O)N[C@H](C)C(=O)N[C@@H](CC(N)=O)C(=O)N[C@@H](CCN(C(=O)CO)[C@@H](c1cc(-c2cc(F)ccc2F)cn1Cc1ccccc1)C(C)(C)C)C(=O)NCCC(=O)N[C@H](CCC(=O)O)C(=O)O. The molecule has 0 unspecified atom stereocenters. The fraction of sp³-hybridized carbons (Fsp3) is 0.473. The van der Waals surface area contributed by atoms with Gasteiger partial charge in [-0.15, -0.1) is 5.06 Å². The highest BCUT2D eigenvalue weighted by atomic mass is 19.1. The van der Waals surface area contributed by atoms with Gasteiger partial charge in [-0.3, -0.25) is 52.7 Å². The number of hydrogen-bond acceptors (Lipinski definition) is 15. The van der Waals surface area contributed by atoms with Crippen LogP contribution in [0.4, 0.5) is 8.78 Å². The lowest BCUT2D eigenvalue weighted by Gasteiger charge is -2.41. The number of imide groups is 1. The van der Waals surface area contributed by atoms with Crippen molar-refractivity contribution in [3.8, 4) is 11.1 Å². The maximum absolute atomic E-state index is 15.4. The molecule has 6 atom stereocenters. The highest BCUT2D eigenvalue weighted by Crippen LogP contribution is 2.41. The summed E-state index contributed by atoms with van der Waals surface area (Å²) in [5, 5.41) is 43.4. The van der Waals surface area contributed by atoms with E-state index in [9.17, 15) is 76.9 Å². The summed E-state index contributed by atoms with van der Waals surface area (Å²) in [6.45, 7) is 5.77. The number of nitrogens with zero attached hydrogens (tertiary/aromatic N) is 3. The quantitative estimate of drug-likeness (QED) is 0.0377. The largest absolute Gasteiger partial charge is 0.481 e. The summed E-state index contributed by atoms with van der Waals surface area (Å²) < 4.78 is 31.8. The third-order valence-electron chi connectivity index (χ3n) is 13.0. The zero-order chi connectivity index (χ0) is 62.6. The van der Waals surface area contributed by atoms with Crippen LogP contribution in [0.25, 0.3) is 11.1 Å². The van der Waals surface area contributed by atoms with Crippen molar-refractivity contribution < 1.29 is 91.3 Å². The maximum atomic E-state index is 15.4. The lowest BCUT2D eigenvalue weighted by atomic mass is 9.82. The minimum absolute atomic E-state index is 0.104. The molecule has 1 aliphatic heterocycles. The van der Waals surface area contributed by atoms with E-state index in [0.717, 1.165) is 23.8 Å². The number of aromatic nitrogens is 1. The molecule has 27 nitrogen and oxygen atoms in total. The molecular formula is C55H70F2N10O17. The van der Waals surface area contributed by atoms with Crippen molar-refractivity contribution in [3.05, 3.63) is 83.7 Å². The van der Waals surface area contributed by atoms with E-state index in [2.05, 4.69) is 31.9 Å². The Morgan fingerprint density at radius 1 is 0.726 bits per heavy atom. The lowest BCUT2D eigenvalue weighted by molar-refractivity contribution is -0.197. The average Bonchev–Trinajstić information content (AvgIpc) is 2.02.